The number of hydrogen-bond donors (Lipinski definition) is 1. The van der Waals surface area contributed by atoms with Crippen molar-refractivity contribution in [3.8, 4) is 22.6 Å². The van der Waals surface area contributed by atoms with E-state index in [2.05, 4.69) is 24.8 Å². The lowest BCUT2D eigenvalue weighted by Gasteiger charge is -2.08. The SMILES string of the molecule is CC1=C(C(=O)Nc2ccc(-c3cc4c(cc3Cl)OC(F)(F)O4)cn2)N=CC1. The average molecular weight is 392 g/mol. The Bertz CT molecular complexity index is 1000. The molecule has 0 bridgehead atoms. The van der Waals surface area contributed by atoms with E-state index in [-0.39, 0.29) is 22.4 Å². The zero-order chi connectivity index (χ0) is 19.2. The van der Waals surface area contributed by atoms with E-state index in [1.165, 1.54) is 18.3 Å². The van der Waals surface area contributed by atoms with Crippen molar-refractivity contribution in [3.63, 3.8) is 0 Å². The summed E-state index contributed by atoms with van der Waals surface area (Å²) in [6.07, 6.45) is 0.0747. The van der Waals surface area contributed by atoms with Gasteiger partial charge >= 0.3 is 6.29 Å². The molecule has 1 amide bonds. The van der Waals surface area contributed by atoms with Gasteiger partial charge in [-0.2, -0.15) is 0 Å². The van der Waals surface area contributed by atoms with Crippen LogP contribution < -0.4 is 14.8 Å². The van der Waals surface area contributed by atoms with Crippen molar-refractivity contribution in [2.45, 2.75) is 19.6 Å². The van der Waals surface area contributed by atoms with Gasteiger partial charge < -0.3 is 14.8 Å². The third kappa shape index (κ3) is 3.35. The molecule has 0 aliphatic carbocycles. The molecular formula is C18H12ClF2N3O3. The van der Waals surface area contributed by atoms with Crippen LogP contribution in [0, 0.1) is 0 Å². The lowest BCUT2D eigenvalue weighted by Crippen LogP contribution is -2.25. The van der Waals surface area contributed by atoms with Gasteiger partial charge in [0.05, 0.1) is 5.02 Å². The molecule has 1 aromatic heterocycles. The highest BCUT2D eigenvalue weighted by atomic mass is 35.5. The van der Waals surface area contributed by atoms with Crippen molar-refractivity contribution in [2.24, 2.45) is 4.99 Å². The van der Waals surface area contributed by atoms with E-state index in [0.717, 1.165) is 5.57 Å². The molecule has 27 heavy (non-hydrogen) atoms. The topological polar surface area (TPSA) is 72.8 Å². The Labute approximate surface area is 157 Å². The Morgan fingerprint density at radius 3 is 2.63 bits per heavy atom. The number of benzene rings is 1. The van der Waals surface area contributed by atoms with Gasteiger partial charge in [-0.05, 0) is 30.7 Å². The molecule has 9 heteroatoms. The van der Waals surface area contributed by atoms with E-state index in [9.17, 15) is 13.6 Å². The van der Waals surface area contributed by atoms with Crippen LogP contribution in [0.15, 0.2) is 46.7 Å². The number of ether oxygens (including phenoxy) is 2. The van der Waals surface area contributed by atoms with Crippen LogP contribution in [-0.4, -0.2) is 23.4 Å². The normalized spacial score (nSPS) is 16.7. The van der Waals surface area contributed by atoms with E-state index in [1.807, 2.05) is 6.92 Å². The maximum absolute atomic E-state index is 13.2. The monoisotopic (exact) mass is 391 g/mol. The van der Waals surface area contributed by atoms with Gasteiger partial charge in [-0.25, -0.2) is 4.98 Å². The molecule has 2 aliphatic heterocycles. The van der Waals surface area contributed by atoms with Gasteiger partial charge in [-0.1, -0.05) is 11.6 Å². The maximum Gasteiger partial charge on any atom is 0.586 e. The van der Waals surface area contributed by atoms with Gasteiger partial charge in [0.15, 0.2) is 11.5 Å². The first-order chi connectivity index (χ1) is 12.8. The number of nitrogens with zero attached hydrogens (tertiary/aromatic N) is 2. The molecule has 0 saturated carbocycles. The van der Waals surface area contributed by atoms with Crippen molar-refractivity contribution in [1.82, 2.24) is 4.98 Å². The van der Waals surface area contributed by atoms with Crippen molar-refractivity contribution in [1.29, 1.82) is 0 Å². The van der Waals surface area contributed by atoms with E-state index in [4.69, 9.17) is 11.6 Å². The van der Waals surface area contributed by atoms with E-state index in [1.54, 1.807) is 18.3 Å². The Morgan fingerprint density at radius 2 is 2.00 bits per heavy atom. The summed E-state index contributed by atoms with van der Waals surface area (Å²) in [7, 11) is 0. The summed E-state index contributed by atoms with van der Waals surface area (Å²) in [6, 6.07) is 5.85. The molecule has 0 saturated heterocycles. The summed E-state index contributed by atoms with van der Waals surface area (Å²) < 4.78 is 35.2. The number of alkyl halides is 2. The van der Waals surface area contributed by atoms with Crippen LogP contribution in [0.4, 0.5) is 14.6 Å². The zero-order valence-corrected chi connectivity index (χ0v) is 14.7. The van der Waals surface area contributed by atoms with Crippen molar-refractivity contribution >= 4 is 29.5 Å². The summed E-state index contributed by atoms with van der Waals surface area (Å²) in [6.45, 7) is 1.84. The molecule has 2 aromatic rings. The number of hydrogen-bond acceptors (Lipinski definition) is 5. The van der Waals surface area contributed by atoms with E-state index in [0.29, 0.717) is 29.1 Å². The van der Waals surface area contributed by atoms with Crippen LogP contribution in [0.5, 0.6) is 11.5 Å². The number of halogens is 3. The van der Waals surface area contributed by atoms with Crippen LogP contribution in [0.3, 0.4) is 0 Å². The minimum Gasteiger partial charge on any atom is -0.395 e. The maximum atomic E-state index is 13.2. The van der Waals surface area contributed by atoms with Gasteiger partial charge in [-0.3, -0.25) is 9.79 Å². The van der Waals surface area contributed by atoms with Crippen molar-refractivity contribution < 1.29 is 23.0 Å². The molecule has 0 spiro atoms. The fourth-order valence-corrected chi connectivity index (χ4v) is 2.99. The number of rotatable bonds is 3. The number of allylic oxidation sites excluding steroid dienone is 1. The van der Waals surface area contributed by atoms with Crippen LogP contribution in [0.2, 0.25) is 5.02 Å². The number of carbonyl (C=O) groups is 1. The highest BCUT2D eigenvalue weighted by Crippen LogP contribution is 2.46. The lowest BCUT2D eigenvalue weighted by molar-refractivity contribution is -0.286. The predicted octanol–water partition coefficient (Wildman–Crippen LogP) is 4.41. The molecule has 1 aromatic carbocycles. The lowest BCUT2D eigenvalue weighted by atomic mass is 10.1. The van der Waals surface area contributed by atoms with Crippen molar-refractivity contribution in [3.05, 3.63) is 46.8 Å². The highest BCUT2D eigenvalue weighted by Gasteiger charge is 2.43. The molecular weight excluding hydrogens is 380 g/mol. The third-order valence-corrected chi connectivity index (χ3v) is 4.36. The van der Waals surface area contributed by atoms with Crippen LogP contribution in [0.25, 0.3) is 11.1 Å². The first-order valence-corrected chi connectivity index (χ1v) is 8.30. The summed E-state index contributed by atoms with van der Waals surface area (Å²) >= 11 is 6.16. The summed E-state index contributed by atoms with van der Waals surface area (Å²) in [4.78, 5) is 20.4. The number of carbonyl (C=O) groups excluding carboxylic acids is 1. The van der Waals surface area contributed by atoms with Crippen LogP contribution in [0.1, 0.15) is 13.3 Å². The van der Waals surface area contributed by atoms with Gasteiger partial charge in [0, 0.05) is 36.0 Å². The molecule has 0 unspecified atom stereocenters. The number of fused-ring (bicyclic) bond motifs is 1. The first-order valence-electron chi connectivity index (χ1n) is 7.92. The van der Waals surface area contributed by atoms with E-state index < -0.39 is 6.29 Å². The molecule has 138 valence electrons. The number of amides is 1. The number of pyridine rings is 1. The van der Waals surface area contributed by atoms with E-state index >= 15 is 0 Å². The van der Waals surface area contributed by atoms with Gasteiger partial charge in [0.1, 0.15) is 11.5 Å². The molecule has 1 N–H and O–H groups in total. The number of aromatic nitrogens is 1. The summed E-state index contributed by atoms with van der Waals surface area (Å²) in [5, 5.41) is 2.86. The molecule has 3 heterocycles. The summed E-state index contributed by atoms with van der Waals surface area (Å²) in [5.74, 6) is -0.260. The number of nitrogens with one attached hydrogen (secondary N) is 1. The Balaban J connectivity index is 1.56. The van der Waals surface area contributed by atoms with Gasteiger partial charge in [0.2, 0.25) is 0 Å². The fourth-order valence-electron chi connectivity index (χ4n) is 2.73. The Hall–Kier alpha value is -3.00. The highest BCUT2D eigenvalue weighted by molar-refractivity contribution is 6.33. The Kier molecular flexibility index (Phi) is 4.07. The van der Waals surface area contributed by atoms with Gasteiger partial charge in [0.25, 0.3) is 5.91 Å². The summed E-state index contributed by atoms with van der Waals surface area (Å²) in [5.41, 5.74) is 2.27. The molecule has 0 atom stereocenters. The molecule has 6 nitrogen and oxygen atoms in total. The second kappa shape index (κ2) is 6.31. The minimum atomic E-state index is -3.72. The number of anilines is 1. The second-order valence-electron chi connectivity index (χ2n) is 5.98. The second-order valence-corrected chi connectivity index (χ2v) is 6.38. The molecule has 4 rings (SSSR count). The van der Waals surface area contributed by atoms with Crippen LogP contribution in [-0.2, 0) is 4.79 Å². The molecule has 0 radical (unpaired) electrons. The van der Waals surface area contributed by atoms with Gasteiger partial charge in [-0.15, -0.1) is 8.78 Å². The molecule has 0 fully saturated rings. The fraction of sp³-hybridized carbons (Fsp3) is 0.167. The third-order valence-electron chi connectivity index (χ3n) is 4.04. The average Bonchev–Trinajstić information content (AvgIpc) is 3.16. The minimum absolute atomic E-state index is 0.113. The number of aliphatic imine (C=N–C) groups is 1. The largest absolute Gasteiger partial charge is 0.586 e. The Morgan fingerprint density at radius 1 is 1.26 bits per heavy atom. The first kappa shape index (κ1) is 17.4. The van der Waals surface area contributed by atoms with Crippen LogP contribution >= 0.6 is 11.6 Å². The quantitative estimate of drug-likeness (QED) is 0.841. The standard InChI is InChI=1S/C18H12ClF2N3O3/c1-9-4-5-22-16(9)17(25)24-15-3-2-10(8-23-15)11-6-13-14(7-12(11)19)27-18(20,21)26-13/h2-3,5-8H,4H2,1H3,(H,23,24,25). The predicted molar refractivity (Wildman–Crippen MR) is 95.3 cm³/mol. The smallest absolute Gasteiger partial charge is 0.395 e. The van der Waals surface area contributed by atoms with Crippen molar-refractivity contribution in [2.75, 3.05) is 5.32 Å². The molecule has 2 aliphatic rings. The zero-order valence-electron chi connectivity index (χ0n) is 13.9.